The second-order valence-electron chi connectivity index (χ2n) is 5.01. The zero-order chi connectivity index (χ0) is 20.3. The van der Waals surface area contributed by atoms with Gasteiger partial charge in [0.2, 0.25) is 0 Å². The van der Waals surface area contributed by atoms with Crippen LogP contribution in [0.4, 0.5) is 0 Å². The lowest BCUT2D eigenvalue weighted by atomic mass is 9.84. The molecule has 1 saturated heterocycles. The number of hydrogen-bond acceptors (Lipinski definition) is 4. The summed E-state index contributed by atoms with van der Waals surface area (Å²) in [5.41, 5.74) is -2.46. The number of nitrogens with zero attached hydrogens (tertiary/aromatic N) is 1. The van der Waals surface area contributed by atoms with E-state index in [2.05, 4.69) is 9.72 Å². The van der Waals surface area contributed by atoms with Crippen molar-refractivity contribution in [2.24, 2.45) is 0 Å². The van der Waals surface area contributed by atoms with Crippen LogP contribution in [0.5, 0.6) is 0 Å². The summed E-state index contributed by atoms with van der Waals surface area (Å²) in [4.78, 5) is 3.91. The lowest BCUT2D eigenvalue weighted by Gasteiger charge is -2.32. The van der Waals surface area contributed by atoms with Crippen molar-refractivity contribution in [1.82, 2.24) is 4.98 Å². The van der Waals surface area contributed by atoms with Crippen LogP contribution in [0.1, 0.15) is 44.4 Å². The van der Waals surface area contributed by atoms with E-state index in [1.807, 2.05) is 0 Å². The van der Waals surface area contributed by atoms with E-state index in [1.54, 1.807) is 27.7 Å². The Morgan fingerprint density at radius 3 is 2.67 bits per heavy atom. The van der Waals surface area contributed by atoms with Crippen LogP contribution < -0.4 is 5.59 Å². The molecule has 0 saturated carbocycles. The highest BCUT2D eigenvalue weighted by Crippen LogP contribution is 2.36. The molecule has 98 valence electrons. The third kappa shape index (κ3) is 2.43. The number of ether oxygens (including phenoxy) is 1. The van der Waals surface area contributed by atoms with E-state index in [0.29, 0.717) is 0 Å². The minimum atomic E-state index is -3.08. The van der Waals surface area contributed by atoms with Gasteiger partial charge in [-0.15, -0.1) is 0 Å². The van der Waals surface area contributed by atoms with Gasteiger partial charge in [-0.05, 0) is 39.8 Å². The number of aromatic nitrogens is 1. The molecule has 0 bridgehead atoms. The summed E-state index contributed by atoms with van der Waals surface area (Å²) in [6, 6.07) is -1.82. The van der Waals surface area contributed by atoms with Crippen molar-refractivity contribution >= 4 is 12.7 Å². The fraction of sp³-hybridized carbons (Fsp3) is 0.615. The zero-order valence-electron chi connectivity index (χ0n) is 18.7. The number of methoxy groups -OCH3 is 1. The molecule has 2 rings (SSSR count). The molecule has 0 spiro atoms. The minimum Gasteiger partial charge on any atom is -0.398 e. The Bertz CT molecular complexity index is 706. The van der Waals surface area contributed by atoms with Crippen LogP contribution in [0.25, 0.3) is 0 Å². The standard InChI is InChI=1S/C13H20BNO3/c1-12(2)13(3,4)18-14(17-12)11-8-6-7-10(15-11)9-16-5/h6-8H,9H2,1-5H3/i5D3,6D,7D,8D,9D2. The van der Waals surface area contributed by atoms with E-state index < -0.39 is 55.7 Å². The Hall–Kier alpha value is -0.905. The van der Waals surface area contributed by atoms with E-state index >= 15 is 0 Å². The Morgan fingerprint density at radius 2 is 2.06 bits per heavy atom. The van der Waals surface area contributed by atoms with Gasteiger partial charge in [0.1, 0.15) is 0 Å². The van der Waals surface area contributed by atoms with Crippen LogP contribution in [0.15, 0.2) is 18.1 Å². The fourth-order valence-electron chi connectivity index (χ4n) is 1.49. The van der Waals surface area contributed by atoms with Crippen molar-refractivity contribution in [1.29, 1.82) is 0 Å². The quantitative estimate of drug-likeness (QED) is 0.770. The van der Waals surface area contributed by atoms with Gasteiger partial charge in [-0.3, -0.25) is 4.98 Å². The van der Waals surface area contributed by atoms with Gasteiger partial charge >= 0.3 is 7.12 Å². The highest BCUT2D eigenvalue weighted by molar-refractivity contribution is 6.61. The van der Waals surface area contributed by atoms with Crippen LogP contribution in [-0.2, 0) is 20.6 Å². The summed E-state index contributed by atoms with van der Waals surface area (Å²) in [5.74, 6) is 0. The molecule has 0 unspecified atom stereocenters. The van der Waals surface area contributed by atoms with Crippen LogP contribution in [0.3, 0.4) is 0 Å². The molecule has 4 nitrogen and oxygen atoms in total. The topological polar surface area (TPSA) is 40.6 Å². The van der Waals surface area contributed by atoms with Crippen molar-refractivity contribution in [2.45, 2.75) is 45.5 Å². The Balaban J connectivity index is 2.56. The SMILES string of the molecule is [2H]c1c(B2OC(C)(C)C(C)(C)O2)nc(C([2H])([2H])OC([2H])([2H])[2H])c([2H])c1[2H]. The predicted octanol–water partition coefficient (Wildman–Crippen LogP) is 1.53. The van der Waals surface area contributed by atoms with Gasteiger partial charge in [-0.2, -0.15) is 0 Å². The van der Waals surface area contributed by atoms with Gasteiger partial charge in [-0.25, -0.2) is 0 Å². The molecule has 1 aromatic heterocycles. The second-order valence-corrected chi connectivity index (χ2v) is 5.01. The number of rotatable bonds is 3. The van der Waals surface area contributed by atoms with Crippen molar-refractivity contribution in [3.63, 3.8) is 0 Å². The Kier molecular flexibility index (Phi) is 1.68. The Labute approximate surface area is 120 Å². The molecule has 0 aliphatic carbocycles. The molecule has 0 atom stereocenters. The van der Waals surface area contributed by atoms with Crippen molar-refractivity contribution < 1.29 is 25.0 Å². The van der Waals surface area contributed by atoms with Gasteiger partial charge < -0.3 is 14.0 Å². The maximum absolute atomic E-state index is 8.04. The second kappa shape index (κ2) is 4.65. The molecule has 0 aromatic carbocycles. The molecular formula is C13H20BNO3. The molecule has 0 amide bonds. The zero-order valence-corrected chi connectivity index (χ0v) is 10.7. The lowest BCUT2D eigenvalue weighted by molar-refractivity contribution is 0.00578. The first-order chi connectivity index (χ1) is 11.5. The van der Waals surface area contributed by atoms with Crippen LogP contribution in [-0.4, -0.2) is 30.3 Å². The maximum Gasteiger partial charge on any atom is 0.514 e. The first-order valence-electron chi connectivity index (χ1n) is 9.52. The largest absolute Gasteiger partial charge is 0.514 e. The summed E-state index contributed by atoms with van der Waals surface area (Å²) in [5, 5.41) is 0. The van der Waals surface area contributed by atoms with Crippen molar-refractivity contribution in [2.75, 3.05) is 7.04 Å². The fourth-order valence-corrected chi connectivity index (χ4v) is 1.49. The van der Waals surface area contributed by atoms with E-state index in [9.17, 15) is 0 Å². The average Bonchev–Trinajstić information content (AvgIpc) is 2.61. The summed E-state index contributed by atoms with van der Waals surface area (Å²) < 4.78 is 76.7. The third-order valence-corrected chi connectivity index (χ3v) is 3.23. The third-order valence-electron chi connectivity index (χ3n) is 3.23. The average molecular weight is 257 g/mol. The van der Waals surface area contributed by atoms with Crippen molar-refractivity contribution in [3.05, 3.63) is 23.8 Å². The van der Waals surface area contributed by atoms with E-state index in [1.165, 1.54) is 0 Å². The first-order valence-corrected chi connectivity index (χ1v) is 5.52. The highest BCUT2D eigenvalue weighted by atomic mass is 16.7. The van der Waals surface area contributed by atoms with Crippen LogP contribution in [0.2, 0.25) is 0 Å². The molecule has 2 heterocycles. The van der Waals surface area contributed by atoms with Gasteiger partial charge in [0.25, 0.3) is 0 Å². The van der Waals surface area contributed by atoms with Crippen LogP contribution >= 0.6 is 0 Å². The lowest BCUT2D eigenvalue weighted by Crippen LogP contribution is -2.41. The van der Waals surface area contributed by atoms with E-state index in [4.69, 9.17) is 20.3 Å². The number of hydrogen-bond donors (Lipinski definition) is 0. The predicted molar refractivity (Wildman–Crippen MR) is 70.7 cm³/mol. The van der Waals surface area contributed by atoms with Gasteiger partial charge in [0.15, 0.2) is 0 Å². The molecule has 0 radical (unpaired) electrons. The smallest absolute Gasteiger partial charge is 0.398 e. The summed E-state index contributed by atoms with van der Waals surface area (Å²) >= 11 is 0. The maximum atomic E-state index is 8.04. The highest BCUT2D eigenvalue weighted by Gasteiger charge is 2.52. The minimum absolute atomic E-state index is 0.210. The molecule has 18 heavy (non-hydrogen) atoms. The van der Waals surface area contributed by atoms with E-state index in [-0.39, 0.29) is 5.59 Å². The summed E-state index contributed by atoms with van der Waals surface area (Å²) in [7, 11) is -4.25. The molecule has 5 heteroatoms. The molecular weight excluding hydrogens is 229 g/mol. The summed E-state index contributed by atoms with van der Waals surface area (Å²) in [6.45, 7) is 4.12. The Morgan fingerprint density at radius 1 is 1.39 bits per heavy atom. The molecule has 1 aromatic rings. The van der Waals surface area contributed by atoms with Gasteiger partial charge in [0.05, 0.1) is 40.0 Å². The van der Waals surface area contributed by atoms with Gasteiger partial charge in [0, 0.05) is 7.04 Å². The number of pyridine rings is 1. The van der Waals surface area contributed by atoms with Crippen LogP contribution in [0, 0.1) is 0 Å². The van der Waals surface area contributed by atoms with Crippen molar-refractivity contribution in [3.8, 4) is 0 Å². The molecule has 1 aliphatic rings. The summed E-state index contributed by atoms with van der Waals surface area (Å²) in [6.07, 6.45) is 0. The molecule has 0 N–H and O–H groups in total. The normalized spacial score (nSPS) is 29.2. The molecule has 1 aliphatic heterocycles. The molecule has 1 fully saturated rings. The van der Waals surface area contributed by atoms with E-state index in [0.717, 1.165) is 0 Å². The van der Waals surface area contributed by atoms with Gasteiger partial charge in [-0.1, -0.05) is 6.04 Å². The monoisotopic (exact) mass is 257 g/mol. The first kappa shape index (κ1) is 6.50.